The smallest absolute Gasteiger partial charge is 0.258 e. The lowest BCUT2D eigenvalue weighted by Crippen LogP contribution is -2.78. The molecule has 1 aromatic carbocycles. The molecule has 2 aromatic rings. The highest BCUT2D eigenvalue weighted by atomic mass is 35.5. The van der Waals surface area contributed by atoms with Crippen molar-refractivity contribution in [2.24, 2.45) is 5.41 Å². The van der Waals surface area contributed by atoms with Gasteiger partial charge in [-0.15, -0.1) is 0 Å². The van der Waals surface area contributed by atoms with Crippen LogP contribution < -0.4 is 15.4 Å². The van der Waals surface area contributed by atoms with Crippen molar-refractivity contribution < 1.29 is 18.7 Å². The molecule has 152 valence electrons. The number of nitrogens with one attached hydrogen (secondary N) is 2. The highest BCUT2D eigenvalue weighted by molar-refractivity contribution is 6.30. The van der Waals surface area contributed by atoms with Gasteiger partial charge < -0.3 is 15.4 Å². The SMILES string of the molecule is Cc1ccc(CNC(=O)C23CC(NC(=O)COc4ccc(Cl)c(F)c4)(C2)C3)cn1. The number of hydrogen-bond donors (Lipinski definition) is 2. The van der Waals surface area contributed by atoms with Crippen LogP contribution in [0.2, 0.25) is 5.02 Å². The fourth-order valence-electron chi connectivity index (χ4n) is 4.18. The summed E-state index contributed by atoms with van der Waals surface area (Å²) in [6, 6.07) is 7.87. The largest absolute Gasteiger partial charge is 0.484 e. The molecule has 8 heteroatoms. The second-order valence-electron chi connectivity index (χ2n) is 7.99. The van der Waals surface area contributed by atoms with Gasteiger partial charge in [-0.1, -0.05) is 17.7 Å². The molecule has 2 N–H and O–H groups in total. The van der Waals surface area contributed by atoms with Crippen molar-refractivity contribution in [3.8, 4) is 5.75 Å². The molecule has 0 unspecified atom stereocenters. The molecule has 0 atom stereocenters. The van der Waals surface area contributed by atoms with Gasteiger partial charge in [0.1, 0.15) is 11.6 Å². The summed E-state index contributed by atoms with van der Waals surface area (Å²) in [7, 11) is 0. The van der Waals surface area contributed by atoms with Crippen molar-refractivity contribution in [3.63, 3.8) is 0 Å². The van der Waals surface area contributed by atoms with E-state index in [-0.39, 0.29) is 40.1 Å². The normalized spacial score (nSPS) is 24.1. The van der Waals surface area contributed by atoms with Crippen molar-refractivity contribution in [1.29, 1.82) is 0 Å². The van der Waals surface area contributed by atoms with Crippen LogP contribution in [0.4, 0.5) is 4.39 Å². The van der Waals surface area contributed by atoms with Crippen LogP contribution in [0, 0.1) is 18.2 Å². The molecule has 3 aliphatic rings. The molecule has 5 rings (SSSR count). The topological polar surface area (TPSA) is 80.3 Å². The molecule has 1 heterocycles. The molecule has 0 spiro atoms. The molecule has 0 aliphatic heterocycles. The monoisotopic (exact) mass is 417 g/mol. The van der Waals surface area contributed by atoms with Gasteiger partial charge in [0.2, 0.25) is 5.91 Å². The van der Waals surface area contributed by atoms with Crippen LogP contribution >= 0.6 is 11.6 Å². The van der Waals surface area contributed by atoms with Crippen LogP contribution in [-0.2, 0) is 16.1 Å². The van der Waals surface area contributed by atoms with Gasteiger partial charge in [0.15, 0.2) is 6.61 Å². The van der Waals surface area contributed by atoms with Crippen molar-refractivity contribution in [2.45, 2.75) is 38.3 Å². The molecule has 1 aromatic heterocycles. The van der Waals surface area contributed by atoms with Gasteiger partial charge in [-0.3, -0.25) is 14.6 Å². The van der Waals surface area contributed by atoms with E-state index in [9.17, 15) is 14.0 Å². The number of nitrogens with zero attached hydrogens (tertiary/aromatic N) is 1. The highest BCUT2D eigenvalue weighted by Gasteiger charge is 2.72. The summed E-state index contributed by atoms with van der Waals surface area (Å²) in [5.41, 5.74) is 1.18. The van der Waals surface area contributed by atoms with E-state index in [2.05, 4.69) is 15.6 Å². The maximum Gasteiger partial charge on any atom is 0.258 e. The van der Waals surface area contributed by atoms with Gasteiger partial charge in [-0.2, -0.15) is 0 Å². The van der Waals surface area contributed by atoms with Gasteiger partial charge in [0.05, 0.1) is 10.4 Å². The number of carbonyl (C=O) groups is 2. The zero-order valence-corrected chi connectivity index (χ0v) is 16.7. The van der Waals surface area contributed by atoms with Gasteiger partial charge in [-0.25, -0.2) is 4.39 Å². The first-order chi connectivity index (χ1) is 13.8. The van der Waals surface area contributed by atoms with Gasteiger partial charge in [0.25, 0.3) is 5.91 Å². The van der Waals surface area contributed by atoms with E-state index < -0.39 is 5.82 Å². The summed E-state index contributed by atoms with van der Waals surface area (Å²) in [4.78, 5) is 28.9. The fraction of sp³-hybridized carbons (Fsp3) is 0.381. The van der Waals surface area contributed by atoms with E-state index in [1.807, 2.05) is 19.1 Å². The Morgan fingerprint density at radius 2 is 2.00 bits per heavy atom. The number of rotatable bonds is 7. The summed E-state index contributed by atoms with van der Waals surface area (Å²) in [6.07, 6.45) is 3.63. The summed E-state index contributed by atoms with van der Waals surface area (Å²) >= 11 is 5.62. The molecule has 6 nitrogen and oxygen atoms in total. The summed E-state index contributed by atoms with van der Waals surface area (Å²) in [5, 5.41) is 5.90. The molecular weight excluding hydrogens is 397 g/mol. The van der Waals surface area contributed by atoms with Gasteiger partial charge in [-0.05, 0) is 49.9 Å². The third-order valence-electron chi connectivity index (χ3n) is 5.60. The van der Waals surface area contributed by atoms with Gasteiger partial charge >= 0.3 is 0 Å². The number of amides is 2. The van der Waals surface area contributed by atoms with E-state index >= 15 is 0 Å². The third kappa shape index (κ3) is 3.92. The van der Waals surface area contributed by atoms with E-state index in [1.54, 1.807) is 6.20 Å². The van der Waals surface area contributed by atoms with Crippen LogP contribution in [-0.4, -0.2) is 28.9 Å². The second-order valence-corrected chi connectivity index (χ2v) is 8.40. The molecular formula is C21H21ClFN3O3. The average molecular weight is 418 g/mol. The van der Waals surface area contributed by atoms with Crippen LogP contribution in [0.1, 0.15) is 30.5 Å². The molecule has 2 amide bonds. The molecule has 3 aliphatic carbocycles. The highest BCUT2D eigenvalue weighted by Crippen LogP contribution is 2.67. The fourth-order valence-corrected chi connectivity index (χ4v) is 4.30. The standard InChI is InChI=1S/C21H21ClFN3O3/c1-13-2-3-14(7-24-13)8-25-19(28)20-10-21(11-20,12-20)26-18(27)9-29-15-4-5-16(22)17(23)6-15/h2-7H,8-12H2,1H3,(H,25,28)(H,26,27). The van der Waals surface area contributed by atoms with Crippen molar-refractivity contribution in [3.05, 3.63) is 58.6 Å². The lowest BCUT2D eigenvalue weighted by molar-refractivity contribution is -0.184. The minimum atomic E-state index is -0.599. The second kappa shape index (κ2) is 7.30. The van der Waals surface area contributed by atoms with Crippen LogP contribution in [0.25, 0.3) is 0 Å². The summed E-state index contributed by atoms with van der Waals surface area (Å²) in [5.74, 6) is -0.638. The van der Waals surface area contributed by atoms with E-state index in [1.165, 1.54) is 12.1 Å². The first kappa shape index (κ1) is 19.6. The third-order valence-corrected chi connectivity index (χ3v) is 5.91. The molecule has 3 fully saturated rings. The molecule has 29 heavy (non-hydrogen) atoms. The van der Waals surface area contributed by atoms with E-state index in [0.717, 1.165) is 17.3 Å². The Hall–Kier alpha value is -2.67. The predicted molar refractivity (Wildman–Crippen MR) is 105 cm³/mol. The van der Waals surface area contributed by atoms with Crippen molar-refractivity contribution in [1.82, 2.24) is 15.6 Å². The van der Waals surface area contributed by atoms with Crippen LogP contribution in [0.15, 0.2) is 36.5 Å². The Bertz CT molecular complexity index is 944. The molecule has 3 saturated carbocycles. The number of ether oxygens (including phenoxy) is 1. The lowest BCUT2D eigenvalue weighted by atomic mass is 9.39. The first-order valence-electron chi connectivity index (χ1n) is 9.38. The number of pyridine rings is 1. The Morgan fingerprint density at radius 3 is 2.66 bits per heavy atom. The van der Waals surface area contributed by atoms with Crippen LogP contribution in [0.5, 0.6) is 5.75 Å². The zero-order valence-electron chi connectivity index (χ0n) is 15.9. The maximum atomic E-state index is 13.4. The Labute approximate surface area is 172 Å². The minimum absolute atomic E-state index is 0.00196. The summed E-state index contributed by atoms with van der Waals surface area (Å²) < 4.78 is 18.7. The first-order valence-corrected chi connectivity index (χ1v) is 9.76. The number of carbonyl (C=O) groups excluding carboxylic acids is 2. The number of halogens is 2. The lowest BCUT2D eigenvalue weighted by Gasteiger charge is -2.69. The number of hydrogen-bond acceptors (Lipinski definition) is 4. The van der Waals surface area contributed by atoms with Crippen LogP contribution in [0.3, 0.4) is 0 Å². The Morgan fingerprint density at radius 1 is 1.24 bits per heavy atom. The average Bonchev–Trinajstić information content (AvgIpc) is 2.63. The number of aryl methyl sites for hydroxylation is 1. The number of aromatic nitrogens is 1. The Kier molecular flexibility index (Phi) is 4.94. The molecule has 0 radical (unpaired) electrons. The molecule has 0 saturated heterocycles. The maximum absolute atomic E-state index is 13.4. The summed E-state index contributed by atoms with van der Waals surface area (Å²) in [6.45, 7) is 2.14. The Balaban J connectivity index is 1.21. The zero-order chi connectivity index (χ0) is 20.6. The van der Waals surface area contributed by atoms with Gasteiger partial charge in [0, 0.05) is 30.0 Å². The van der Waals surface area contributed by atoms with Crippen molar-refractivity contribution in [2.75, 3.05) is 6.61 Å². The molecule has 2 bridgehead atoms. The van der Waals surface area contributed by atoms with Crippen molar-refractivity contribution >= 4 is 23.4 Å². The predicted octanol–water partition coefficient (Wildman–Crippen LogP) is 2.92. The number of benzene rings is 1. The minimum Gasteiger partial charge on any atom is -0.484 e. The quantitative estimate of drug-likeness (QED) is 0.726. The van der Waals surface area contributed by atoms with E-state index in [4.69, 9.17) is 16.3 Å². The van der Waals surface area contributed by atoms with E-state index in [0.29, 0.717) is 25.8 Å².